The number of nitrogens with one attached hydrogen (secondary N) is 2. The van der Waals surface area contributed by atoms with Crippen molar-refractivity contribution in [3.05, 3.63) is 35.4 Å². The summed E-state index contributed by atoms with van der Waals surface area (Å²) in [5.74, 6) is 0.239. The first-order valence-electron chi connectivity index (χ1n) is 9.45. The van der Waals surface area contributed by atoms with Crippen LogP contribution in [-0.2, 0) is 22.6 Å². The van der Waals surface area contributed by atoms with E-state index >= 15 is 0 Å². The highest BCUT2D eigenvalue weighted by atomic mass is 16.5. The van der Waals surface area contributed by atoms with E-state index in [4.69, 9.17) is 4.74 Å². The standard InChI is InChI=1S/C20H32N4O2/c1-16(19(25)26-3)13-22-20(21-2)23-14-17-7-9-18(10-8-17)15-24-11-5-4-6-12-24/h7-10,16H,4-6,11-15H2,1-3H3,(H2,21,22,23). The number of ether oxygens (including phenoxy) is 1. The average Bonchev–Trinajstić information content (AvgIpc) is 2.69. The maximum atomic E-state index is 11.4. The molecule has 1 aromatic rings. The van der Waals surface area contributed by atoms with Crippen molar-refractivity contribution in [2.45, 2.75) is 39.3 Å². The van der Waals surface area contributed by atoms with E-state index in [0.717, 1.165) is 6.54 Å². The van der Waals surface area contributed by atoms with E-state index in [1.807, 2.05) is 6.92 Å². The van der Waals surface area contributed by atoms with E-state index in [-0.39, 0.29) is 11.9 Å². The zero-order valence-electron chi connectivity index (χ0n) is 16.3. The first-order valence-corrected chi connectivity index (χ1v) is 9.45. The lowest BCUT2D eigenvalue weighted by molar-refractivity contribution is -0.144. The van der Waals surface area contributed by atoms with Crippen molar-refractivity contribution in [2.24, 2.45) is 10.9 Å². The topological polar surface area (TPSA) is 66.0 Å². The molecule has 6 heteroatoms. The lowest BCUT2D eigenvalue weighted by Gasteiger charge is -2.26. The largest absolute Gasteiger partial charge is 0.469 e. The second kappa shape index (κ2) is 10.8. The Bertz CT molecular complexity index is 580. The van der Waals surface area contributed by atoms with Crippen molar-refractivity contribution in [2.75, 3.05) is 33.8 Å². The van der Waals surface area contributed by atoms with Gasteiger partial charge < -0.3 is 15.4 Å². The number of methoxy groups -OCH3 is 1. The van der Waals surface area contributed by atoms with Gasteiger partial charge in [-0.05, 0) is 37.1 Å². The number of guanidine groups is 1. The van der Waals surface area contributed by atoms with Crippen molar-refractivity contribution >= 4 is 11.9 Å². The van der Waals surface area contributed by atoms with Crippen LogP contribution >= 0.6 is 0 Å². The van der Waals surface area contributed by atoms with Crippen LogP contribution in [0.25, 0.3) is 0 Å². The fourth-order valence-corrected chi connectivity index (χ4v) is 3.08. The molecule has 0 aromatic heterocycles. The molecule has 2 N–H and O–H groups in total. The maximum absolute atomic E-state index is 11.4. The van der Waals surface area contributed by atoms with Gasteiger partial charge in [-0.25, -0.2) is 0 Å². The highest BCUT2D eigenvalue weighted by Gasteiger charge is 2.13. The summed E-state index contributed by atoms with van der Waals surface area (Å²) in [6.45, 7) is 6.48. The van der Waals surface area contributed by atoms with E-state index in [1.54, 1.807) is 7.05 Å². The number of piperidine rings is 1. The van der Waals surface area contributed by atoms with Crippen LogP contribution in [0.5, 0.6) is 0 Å². The third-order valence-electron chi connectivity index (χ3n) is 4.74. The van der Waals surface area contributed by atoms with E-state index < -0.39 is 0 Å². The molecule has 1 aliphatic heterocycles. The highest BCUT2D eigenvalue weighted by Crippen LogP contribution is 2.13. The number of carbonyl (C=O) groups is 1. The number of hydrogen-bond acceptors (Lipinski definition) is 4. The zero-order valence-corrected chi connectivity index (χ0v) is 16.3. The Kier molecular flexibility index (Phi) is 8.41. The zero-order chi connectivity index (χ0) is 18.8. The number of rotatable bonds is 7. The molecule has 1 fully saturated rings. The van der Waals surface area contributed by atoms with Gasteiger partial charge >= 0.3 is 5.97 Å². The molecule has 0 saturated carbocycles. The van der Waals surface area contributed by atoms with E-state index in [1.165, 1.54) is 50.6 Å². The predicted molar refractivity (Wildman–Crippen MR) is 105 cm³/mol. The molecule has 1 saturated heterocycles. The third-order valence-corrected chi connectivity index (χ3v) is 4.74. The Hall–Kier alpha value is -2.08. The predicted octanol–water partition coefficient (Wildman–Crippen LogP) is 2.15. The monoisotopic (exact) mass is 360 g/mol. The molecule has 2 rings (SSSR count). The fourth-order valence-electron chi connectivity index (χ4n) is 3.08. The molecule has 0 spiro atoms. The Labute approximate surface area is 157 Å². The maximum Gasteiger partial charge on any atom is 0.310 e. The summed E-state index contributed by atoms with van der Waals surface area (Å²) in [6.07, 6.45) is 4.01. The molecule has 1 aliphatic rings. The summed E-state index contributed by atoms with van der Waals surface area (Å²) in [7, 11) is 3.13. The highest BCUT2D eigenvalue weighted by molar-refractivity contribution is 5.80. The van der Waals surface area contributed by atoms with Gasteiger partial charge in [-0.1, -0.05) is 37.6 Å². The van der Waals surface area contributed by atoms with Crippen LogP contribution in [0.4, 0.5) is 0 Å². The van der Waals surface area contributed by atoms with Crippen LogP contribution in [-0.4, -0.2) is 50.6 Å². The molecule has 26 heavy (non-hydrogen) atoms. The Morgan fingerprint density at radius 2 is 1.81 bits per heavy atom. The van der Waals surface area contributed by atoms with Crippen molar-refractivity contribution in [3.8, 4) is 0 Å². The molecule has 0 bridgehead atoms. The minimum Gasteiger partial charge on any atom is -0.469 e. The van der Waals surface area contributed by atoms with Crippen LogP contribution in [0.15, 0.2) is 29.3 Å². The smallest absolute Gasteiger partial charge is 0.310 e. The number of likely N-dealkylation sites (tertiary alicyclic amines) is 1. The number of esters is 1. The molecule has 1 unspecified atom stereocenters. The molecule has 1 heterocycles. The molecular formula is C20H32N4O2. The van der Waals surface area contributed by atoms with Crippen molar-refractivity contribution in [1.29, 1.82) is 0 Å². The summed E-state index contributed by atoms with van der Waals surface area (Å²) in [5, 5.41) is 6.43. The normalized spacial score (nSPS) is 16.8. The lowest BCUT2D eigenvalue weighted by atomic mass is 10.1. The molecule has 6 nitrogen and oxygen atoms in total. The molecule has 0 radical (unpaired) electrons. The van der Waals surface area contributed by atoms with Crippen molar-refractivity contribution in [1.82, 2.24) is 15.5 Å². The first kappa shape index (κ1) is 20.2. The van der Waals surface area contributed by atoms with E-state index in [2.05, 4.69) is 44.8 Å². The van der Waals surface area contributed by atoms with Gasteiger partial charge in [-0.3, -0.25) is 14.7 Å². The van der Waals surface area contributed by atoms with Crippen LogP contribution in [0.1, 0.15) is 37.3 Å². The second-order valence-corrected chi connectivity index (χ2v) is 6.88. The summed E-state index contributed by atoms with van der Waals surface area (Å²) in [6, 6.07) is 8.75. The number of hydrogen-bond donors (Lipinski definition) is 2. The second-order valence-electron chi connectivity index (χ2n) is 6.88. The molecule has 1 aromatic carbocycles. The quantitative estimate of drug-likeness (QED) is 0.443. The van der Waals surface area contributed by atoms with E-state index in [9.17, 15) is 4.79 Å². The summed E-state index contributed by atoms with van der Waals surface area (Å²) in [5.41, 5.74) is 2.57. The van der Waals surface area contributed by atoms with Crippen LogP contribution in [0, 0.1) is 5.92 Å². The van der Waals surface area contributed by atoms with Crippen LogP contribution < -0.4 is 10.6 Å². The fraction of sp³-hybridized carbons (Fsp3) is 0.600. The van der Waals surface area contributed by atoms with Gasteiger partial charge in [0.1, 0.15) is 0 Å². The van der Waals surface area contributed by atoms with Gasteiger partial charge in [0.05, 0.1) is 13.0 Å². The number of carbonyl (C=O) groups excluding carboxylic acids is 1. The SMILES string of the molecule is CN=C(NCc1ccc(CN2CCCCC2)cc1)NCC(C)C(=O)OC. The minimum atomic E-state index is -0.225. The molecule has 0 amide bonds. The van der Waals surface area contributed by atoms with Gasteiger partial charge in [-0.15, -0.1) is 0 Å². The van der Waals surface area contributed by atoms with Gasteiger partial charge in [-0.2, -0.15) is 0 Å². The number of nitrogens with zero attached hydrogens (tertiary/aromatic N) is 2. The van der Waals surface area contributed by atoms with Gasteiger partial charge in [0.2, 0.25) is 0 Å². The minimum absolute atomic E-state index is 0.215. The Morgan fingerprint density at radius 3 is 2.42 bits per heavy atom. The van der Waals surface area contributed by atoms with E-state index in [0.29, 0.717) is 19.0 Å². The lowest BCUT2D eigenvalue weighted by Crippen LogP contribution is -2.40. The Morgan fingerprint density at radius 1 is 1.15 bits per heavy atom. The van der Waals surface area contributed by atoms with Gasteiger partial charge in [0, 0.05) is 26.7 Å². The number of aliphatic imine (C=N–C) groups is 1. The van der Waals surface area contributed by atoms with Crippen LogP contribution in [0.3, 0.4) is 0 Å². The van der Waals surface area contributed by atoms with Crippen molar-refractivity contribution < 1.29 is 9.53 Å². The molecule has 0 aliphatic carbocycles. The first-order chi connectivity index (χ1) is 12.6. The van der Waals surface area contributed by atoms with Gasteiger partial charge in [0.25, 0.3) is 0 Å². The summed E-state index contributed by atoms with van der Waals surface area (Å²) >= 11 is 0. The average molecular weight is 361 g/mol. The van der Waals surface area contributed by atoms with Gasteiger partial charge in [0.15, 0.2) is 5.96 Å². The molecule has 1 atom stereocenters. The number of benzene rings is 1. The molecular weight excluding hydrogens is 328 g/mol. The summed E-state index contributed by atoms with van der Waals surface area (Å²) < 4.78 is 4.73. The molecule has 144 valence electrons. The van der Waals surface area contributed by atoms with Crippen molar-refractivity contribution in [3.63, 3.8) is 0 Å². The Balaban J connectivity index is 1.76. The third kappa shape index (κ3) is 6.67. The summed E-state index contributed by atoms with van der Waals surface area (Å²) in [4.78, 5) is 18.2. The van der Waals surface area contributed by atoms with Crippen LogP contribution in [0.2, 0.25) is 0 Å².